The largest absolute Gasteiger partial charge is 0.495 e. The molecule has 3 rings (SSSR count). The molecule has 2 heterocycles. The molecule has 8 nitrogen and oxygen atoms in total. The lowest BCUT2D eigenvalue weighted by molar-refractivity contribution is -0.133. The number of amides is 1. The number of halogens is 1. The number of methoxy groups -OCH3 is 1. The number of carbonyl (C=O) groups is 1. The number of hydrogen-bond donors (Lipinski definition) is 1. The van der Waals surface area contributed by atoms with Gasteiger partial charge in [-0.25, -0.2) is 8.42 Å². The normalized spacial score (nSPS) is 21.1. The fourth-order valence-corrected chi connectivity index (χ4v) is 5.06. The van der Waals surface area contributed by atoms with Crippen molar-refractivity contribution in [2.24, 2.45) is 0 Å². The average Bonchev–Trinajstić information content (AvgIpc) is 2.69. The molecule has 10 heteroatoms. The Labute approximate surface area is 172 Å². The van der Waals surface area contributed by atoms with Crippen molar-refractivity contribution in [1.82, 2.24) is 14.5 Å². The van der Waals surface area contributed by atoms with Crippen LogP contribution in [0.4, 0.5) is 0 Å². The average molecular weight is 434 g/mol. The first-order valence-electron chi connectivity index (χ1n) is 9.18. The number of sulfonamides is 1. The minimum absolute atomic E-state index is 0. The molecule has 1 N–H and O–H groups in total. The molecule has 1 amide bonds. The van der Waals surface area contributed by atoms with Gasteiger partial charge in [0.25, 0.3) is 0 Å². The Morgan fingerprint density at radius 2 is 2.00 bits per heavy atom. The molecule has 2 aliphatic heterocycles. The van der Waals surface area contributed by atoms with Crippen molar-refractivity contribution in [3.63, 3.8) is 0 Å². The maximum Gasteiger partial charge on any atom is 0.246 e. The van der Waals surface area contributed by atoms with Gasteiger partial charge in [0.1, 0.15) is 10.6 Å². The number of hydrogen-bond acceptors (Lipinski definition) is 6. The molecule has 1 aromatic rings. The summed E-state index contributed by atoms with van der Waals surface area (Å²) in [5.74, 6) is 0.289. The van der Waals surface area contributed by atoms with Crippen LogP contribution in [0, 0.1) is 0 Å². The van der Waals surface area contributed by atoms with Gasteiger partial charge in [0.05, 0.1) is 26.7 Å². The first-order chi connectivity index (χ1) is 12.9. The Morgan fingerprint density at radius 1 is 1.29 bits per heavy atom. The maximum atomic E-state index is 13.0. The maximum absolute atomic E-state index is 13.0. The summed E-state index contributed by atoms with van der Waals surface area (Å²) in [4.78, 5) is 14.6. The Bertz CT molecular complexity index is 783. The predicted octanol–water partition coefficient (Wildman–Crippen LogP) is 0.501. The van der Waals surface area contributed by atoms with E-state index in [4.69, 9.17) is 9.47 Å². The highest BCUT2D eigenvalue weighted by Crippen LogP contribution is 2.28. The quantitative estimate of drug-likeness (QED) is 0.727. The number of nitrogens with one attached hydrogen (secondary N) is 1. The summed E-state index contributed by atoms with van der Waals surface area (Å²) in [6.07, 6.45) is 0.167. The molecule has 1 aromatic carbocycles. The van der Waals surface area contributed by atoms with Gasteiger partial charge < -0.3 is 19.7 Å². The number of morpholine rings is 1. The number of carbonyl (C=O) groups excluding carboxylic acids is 1. The number of benzene rings is 1. The summed E-state index contributed by atoms with van der Waals surface area (Å²) in [5.41, 5.74) is 0.665. The predicted molar refractivity (Wildman–Crippen MR) is 108 cm³/mol. The molecule has 0 spiro atoms. The van der Waals surface area contributed by atoms with E-state index in [0.717, 1.165) is 13.1 Å². The van der Waals surface area contributed by atoms with E-state index in [0.29, 0.717) is 38.4 Å². The highest BCUT2D eigenvalue weighted by atomic mass is 35.5. The smallest absolute Gasteiger partial charge is 0.246 e. The van der Waals surface area contributed by atoms with Crippen molar-refractivity contribution in [1.29, 1.82) is 0 Å². The van der Waals surface area contributed by atoms with Crippen LogP contribution < -0.4 is 10.1 Å². The van der Waals surface area contributed by atoms with Crippen molar-refractivity contribution >= 4 is 28.3 Å². The second kappa shape index (κ2) is 9.89. The third-order valence-corrected chi connectivity index (χ3v) is 6.91. The number of rotatable bonds is 5. The van der Waals surface area contributed by atoms with E-state index in [-0.39, 0.29) is 41.4 Å². The van der Waals surface area contributed by atoms with Crippen molar-refractivity contribution in [3.8, 4) is 5.75 Å². The molecule has 0 saturated carbocycles. The zero-order valence-corrected chi connectivity index (χ0v) is 17.9. The summed E-state index contributed by atoms with van der Waals surface area (Å²) >= 11 is 0. The van der Waals surface area contributed by atoms with Crippen LogP contribution in [-0.4, -0.2) is 82.6 Å². The van der Waals surface area contributed by atoms with Gasteiger partial charge in [-0.2, -0.15) is 4.31 Å². The van der Waals surface area contributed by atoms with Crippen LogP contribution in [-0.2, 0) is 26.0 Å². The van der Waals surface area contributed by atoms with Crippen LogP contribution in [0.15, 0.2) is 23.1 Å². The van der Waals surface area contributed by atoms with Crippen LogP contribution in [0.1, 0.15) is 12.5 Å². The highest BCUT2D eigenvalue weighted by Gasteiger charge is 2.30. The van der Waals surface area contributed by atoms with E-state index < -0.39 is 10.0 Å². The van der Waals surface area contributed by atoms with Gasteiger partial charge in [-0.15, -0.1) is 12.4 Å². The first-order valence-corrected chi connectivity index (χ1v) is 10.6. The zero-order valence-electron chi connectivity index (χ0n) is 16.2. The molecule has 2 saturated heterocycles. The lowest BCUT2D eigenvalue weighted by atomic mass is 10.1. The van der Waals surface area contributed by atoms with Gasteiger partial charge in [0.2, 0.25) is 15.9 Å². The van der Waals surface area contributed by atoms with Crippen LogP contribution in [0.5, 0.6) is 5.75 Å². The van der Waals surface area contributed by atoms with Gasteiger partial charge in [-0.05, 0) is 24.6 Å². The van der Waals surface area contributed by atoms with E-state index in [1.54, 1.807) is 18.2 Å². The van der Waals surface area contributed by atoms with Crippen LogP contribution >= 0.6 is 12.4 Å². The molecular weight excluding hydrogens is 406 g/mol. The van der Waals surface area contributed by atoms with Gasteiger partial charge >= 0.3 is 0 Å². The zero-order chi connectivity index (χ0) is 19.4. The lowest BCUT2D eigenvalue weighted by Gasteiger charge is -2.34. The summed E-state index contributed by atoms with van der Waals surface area (Å²) in [5, 5.41) is 3.26. The van der Waals surface area contributed by atoms with Crippen LogP contribution in [0.3, 0.4) is 0 Å². The number of ether oxygens (including phenoxy) is 2. The van der Waals surface area contributed by atoms with E-state index in [2.05, 4.69) is 5.32 Å². The Morgan fingerprint density at radius 3 is 2.64 bits per heavy atom. The third kappa shape index (κ3) is 4.96. The summed E-state index contributed by atoms with van der Waals surface area (Å²) in [6, 6.07) is 5.06. The van der Waals surface area contributed by atoms with Gasteiger partial charge in [0, 0.05) is 38.8 Å². The lowest BCUT2D eigenvalue weighted by Crippen LogP contribution is -2.52. The van der Waals surface area contributed by atoms with Crippen LogP contribution in [0.2, 0.25) is 0 Å². The van der Waals surface area contributed by atoms with Gasteiger partial charge in [0.15, 0.2) is 0 Å². The fraction of sp³-hybridized carbons (Fsp3) is 0.611. The van der Waals surface area contributed by atoms with Gasteiger partial charge in [-0.3, -0.25) is 4.79 Å². The molecule has 0 bridgehead atoms. The van der Waals surface area contributed by atoms with Crippen molar-refractivity contribution in [2.45, 2.75) is 24.3 Å². The molecule has 2 fully saturated rings. The standard InChI is InChI=1S/C18H27N3O5S.ClH/c1-14-13-19-5-6-21(14)18(22)12-15-3-4-16(25-2)17(11-15)27(23,24)20-7-9-26-10-8-20;/h3-4,11,14,19H,5-10,12-13H2,1-2H3;1H/t14-;/m0./s1. The number of nitrogens with zero attached hydrogens (tertiary/aromatic N) is 2. The minimum Gasteiger partial charge on any atom is -0.495 e. The van der Waals surface area contributed by atoms with Gasteiger partial charge in [-0.1, -0.05) is 6.07 Å². The fourth-order valence-electron chi connectivity index (χ4n) is 3.45. The molecule has 0 aromatic heterocycles. The van der Waals surface area contributed by atoms with Crippen molar-refractivity contribution < 1.29 is 22.7 Å². The molecule has 158 valence electrons. The van der Waals surface area contributed by atoms with E-state index in [1.807, 2.05) is 11.8 Å². The Balaban J connectivity index is 0.00000280. The second-order valence-electron chi connectivity index (χ2n) is 6.82. The van der Waals surface area contributed by atoms with Crippen LogP contribution in [0.25, 0.3) is 0 Å². The molecule has 2 aliphatic rings. The summed E-state index contributed by atoms with van der Waals surface area (Å²) in [6.45, 7) is 5.59. The second-order valence-corrected chi connectivity index (χ2v) is 8.73. The molecule has 0 aliphatic carbocycles. The van der Waals surface area contributed by atoms with Crippen molar-refractivity contribution in [2.75, 3.05) is 53.0 Å². The number of piperazine rings is 1. The molecular formula is C18H28ClN3O5S. The SMILES string of the molecule is COc1ccc(CC(=O)N2CCNC[C@@H]2C)cc1S(=O)(=O)N1CCOCC1.Cl. The first kappa shape index (κ1) is 22.9. The molecule has 28 heavy (non-hydrogen) atoms. The third-order valence-electron chi connectivity index (χ3n) is 4.99. The van der Waals surface area contributed by atoms with E-state index >= 15 is 0 Å². The molecule has 0 unspecified atom stereocenters. The molecule has 1 atom stereocenters. The molecule has 0 radical (unpaired) electrons. The monoisotopic (exact) mass is 433 g/mol. The van der Waals surface area contributed by atoms with E-state index in [1.165, 1.54) is 11.4 Å². The summed E-state index contributed by atoms with van der Waals surface area (Å²) < 4.78 is 38.0. The van der Waals surface area contributed by atoms with Crippen molar-refractivity contribution in [3.05, 3.63) is 23.8 Å². The minimum atomic E-state index is -3.71. The highest BCUT2D eigenvalue weighted by molar-refractivity contribution is 7.89. The van der Waals surface area contributed by atoms with E-state index in [9.17, 15) is 13.2 Å². The topological polar surface area (TPSA) is 88.2 Å². The Hall–Kier alpha value is -1.39. The summed E-state index contributed by atoms with van der Waals surface area (Å²) in [7, 11) is -2.26. The Kier molecular flexibility index (Phi) is 8.08.